The van der Waals surface area contributed by atoms with Gasteiger partial charge >= 0.3 is 5.97 Å². The molecule has 0 unspecified atom stereocenters. The van der Waals surface area contributed by atoms with E-state index in [1.807, 2.05) is 25.7 Å². The molecular weight excluding hydrogens is 296 g/mol. The van der Waals surface area contributed by atoms with Gasteiger partial charge in [0, 0.05) is 31.0 Å². The van der Waals surface area contributed by atoms with Crippen molar-refractivity contribution in [3.63, 3.8) is 0 Å². The van der Waals surface area contributed by atoms with Gasteiger partial charge in [-0.2, -0.15) is 0 Å². The smallest absolute Gasteiger partial charge is 0.303 e. The van der Waals surface area contributed by atoms with Crippen LogP contribution in [0.15, 0.2) is 4.52 Å². The van der Waals surface area contributed by atoms with Crippen molar-refractivity contribution in [1.29, 1.82) is 0 Å². The third kappa shape index (κ3) is 4.56. The van der Waals surface area contributed by atoms with Gasteiger partial charge in [0.1, 0.15) is 5.76 Å². The second-order valence-corrected chi connectivity index (χ2v) is 6.63. The minimum Gasteiger partial charge on any atom is -0.481 e. The molecule has 1 aromatic heterocycles. The highest BCUT2D eigenvalue weighted by molar-refractivity contribution is 5.79. The van der Waals surface area contributed by atoms with Crippen molar-refractivity contribution in [1.82, 2.24) is 10.1 Å². The number of carboxylic acid groups (broad SMARTS) is 1. The number of nitrogens with zero attached hydrogens (tertiary/aromatic N) is 2. The van der Waals surface area contributed by atoms with Gasteiger partial charge in [-0.05, 0) is 45.4 Å². The van der Waals surface area contributed by atoms with Crippen LogP contribution in [-0.2, 0) is 16.0 Å². The summed E-state index contributed by atoms with van der Waals surface area (Å²) in [6.07, 6.45) is 3.43. The Kier molecular flexibility index (Phi) is 5.80. The van der Waals surface area contributed by atoms with Gasteiger partial charge in [0.25, 0.3) is 0 Å². The van der Waals surface area contributed by atoms with E-state index in [-0.39, 0.29) is 18.2 Å². The fourth-order valence-electron chi connectivity index (χ4n) is 3.33. The van der Waals surface area contributed by atoms with E-state index in [0.29, 0.717) is 25.3 Å². The average molecular weight is 322 g/mol. The number of hydrogen-bond acceptors (Lipinski definition) is 4. The quantitative estimate of drug-likeness (QED) is 0.870. The Hall–Kier alpha value is -1.85. The molecule has 0 radical (unpaired) electrons. The van der Waals surface area contributed by atoms with E-state index in [4.69, 9.17) is 9.63 Å². The molecule has 1 N–H and O–H groups in total. The molecule has 2 heterocycles. The molecule has 1 saturated heterocycles. The van der Waals surface area contributed by atoms with Crippen molar-refractivity contribution in [3.8, 4) is 0 Å². The Morgan fingerprint density at radius 3 is 2.78 bits per heavy atom. The highest BCUT2D eigenvalue weighted by Crippen LogP contribution is 2.24. The number of carbonyl (C=O) groups is 2. The summed E-state index contributed by atoms with van der Waals surface area (Å²) in [6.45, 7) is 7.16. The lowest BCUT2D eigenvalue weighted by molar-refractivity contribution is -0.137. The Bertz CT molecular complexity index is 547. The normalized spacial score (nSPS) is 19.6. The topological polar surface area (TPSA) is 83.6 Å². The summed E-state index contributed by atoms with van der Waals surface area (Å²) in [7, 11) is 0. The maximum atomic E-state index is 12.7. The molecule has 2 atom stereocenters. The Labute approximate surface area is 136 Å². The number of likely N-dealkylation sites (tertiary alicyclic amines) is 1. The van der Waals surface area contributed by atoms with Gasteiger partial charge in [0.15, 0.2) is 0 Å². The summed E-state index contributed by atoms with van der Waals surface area (Å²) in [5.41, 5.74) is 1.87. The van der Waals surface area contributed by atoms with Gasteiger partial charge in [0.2, 0.25) is 5.91 Å². The summed E-state index contributed by atoms with van der Waals surface area (Å²) in [5, 5.41) is 12.7. The van der Waals surface area contributed by atoms with E-state index in [1.54, 1.807) is 0 Å². The van der Waals surface area contributed by atoms with Crippen LogP contribution in [0, 0.1) is 25.7 Å². The maximum Gasteiger partial charge on any atom is 0.303 e. The number of piperidine rings is 1. The van der Waals surface area contributed by atoms with Crippen LogP contribution in [0.5, 0.6) is 0 Å². The van der Waals surface area contributed by atoms with Crippen molar-refractivity contribution in [3.05, 3.63) is 17.0 Å². The zero-order valence-electron chi connectivity index (χ0n) is 14.2. The summed E-state index contributed by atoms with van der Waals surface area (Å²) in [6, 6.07) is 0. The fraction of sp³-hybridized carbons (Fsp3) is 0.706. The van der Waals surface area contributed by atoms with Crippen LogP contribution in [-0.4, -0.2) is 40.1 Å². The van der Waals surface area contributed by atoms with E-state index < -0.39 is 5.97 Å². The highest BCUT2D eigenvalue weighted by atomic mass is 16.5. The molecule has 1 aliphatic rings. The van der Waals surface area contributed by atoms with Crippen LogP contribution in [0.1, 0.15) is 49.6 Å². The molecule has 1 aromatic rings. The van der Waals surface area contributed by atoms with Crippen molar-refractivity contribution in [2.45, 2.75) is 52.9 Å². The highest BCUT2D eigenvalue weighted by Gasteiger charge is 2.28. The zero-order chi connectivity index (χ0) is 17.0. The monoisotopic (exact) mass is 322 g/mol. The lowest BCUT2D eigenvalue weighted by atomic mass is 9.91. The SMILES string of the molecule is Cc1noc(C)c1C[C@H](C)C(=O)N1CCC[C@@H](CCC(=O)O)C1. The molecule has 6 heteroatoms. The van der Waals surface area contributed by atoms with Gasteiger partial charge in [-0.3, -0.25) is 9.59 Å². The number of aromatic nitrogens is 1. The van der Waals surface area contributed by atoms with Crippen molar-refractivity contribution < 1.29 is 19.2 Å². The van der Waals surface area contributed by atoms with Crippen molar-refractivity contribution in [2.75, 3.05) is 13.1 Å². The predicted octanol–water partition coefficient (Wildman–Crippen LogP) is 2.57. The first kappa shape index (κ1) is 17.5. The molecule has 2 rings (SSSR count). The standard InChI is InChI=1S/C17H26N2O4/c1-11(9-15-12(2)18-23-13(15)3)17(22)19-8-4-5-14(10-19)6-7-16(20)21/h11,14H,4-10H2,1-3H3,(H,20,21)/t11-,14-/m0/s1. The van der Waals surface area contributed by atoms with Crippen LogP contribution >= 0.6 is 0 Å². The molecule has 23 heavy (non-hydrogen) atoms. The van der Waals surface area contributed by atoms with E-state index in [9.17, 15) is 9.59 Å². The molecular formula is C17H26N2O4. The van der Waals surface area contributed by atoms with E-state index >= 15 is 0 Å². The van der Waals surface area contributed by atoms with E-state index in [2.05, 4.69) is 5.16 Å². The van der Waals surface area contributed by atoms with Gasteiger partial charge in [-0.25, -0.2) is 0 Å². The second-order valence-electron chi connectivity index (χ2n) is 6.63. The predicted molar refractivity (Wildman–Crippen MR) is 85.0 cm³/mol. The number of carbonyl (C=O) groups excluding carboxylic acids is 1. The van der Waals surface area contributed by atoms with Crippen LogP contribution in [0.25, 0.3) is 0 Å². The maximum absolute atomic E-state index is 12.7. The number of amides is 1. The average Bonchev–Trinajstić information content (AvgIpc) is 2.84. The van der Waals surface area contributed by atoms with Gasteiger partial charge < -0.3 is 14.5 Å². The molecule has 128 valence electrons. The van der Waals surface area contributed by atoms with Crippen LogP contribution < -0.4 is 0 Å². The molecule has 1 amide bonds. The van der Waals surface area contributed by atoms with Crippen LogP contribution in [0.3, 0.4) is 0 Å². The van der Waals surface area contributed by atoms with E-state index in [1.165, 1.54) is 0 Å². The first-order chi connectivity index (χ1) is 10.9. The molecule has 0 spiro atoms. The summed E-state index contributed by atoms with van der Waals surface area (Å²) < 4.78 is 5.16. The molecule has 1 fully saturated rings. The minimum atomic E-state index is -0.764. The Morgan fingerprint density at radius 2 is 2.17 bits per heavy atom. The third-order valence-corrected chi connectivity index (χ3v) is 4.71. The molecule has 0 aromatic carbocycles. The van der Waals surface area contributed by atoms with Crippen molar-refractivity contribution in [2.24, 2.45) is 11.8 Å². The summed E-state index contributed by atoms with van der Waals surface area (Å²) >= 11 is 0. The Morgan fingerprint density at radius 1 is 1.43 bits per heavy atom. The second kappa shape index (κ2) is 7.62. The lowest BCUT2D eigenvalue weighted by Gasteiger charge is -2.34. The van der Waals surface area contributed by atoms with Gasteiger partial charge in [-0.15, -0.1) is 0 Å². The van der Waals surface area contributed by atoms with Gasteiger partial charge in [0.05, 0.1) is 5.69 Å². The Balaban J connectivity index is 1.92. The number of aliphatic carboxylic acids is 1. The number of carboxylic acids is 1. The largest absolute Gasteiger partial charge is 0.481 e. The lowest BCUT2D eigenvalue weighted by Crippen LogP contribution is -2.43. The summed E-state index contributed by atoms with van der Waals surface area (Å²) in [5.74, 6) is 0.338. The molecule has 6 nitrogen and oxygen atoms in total. The van der Waals surface area contributed by atoms with Gasteiger partial charge in [-0.1, -0.05) is 12.1 Å². The minimum absolute atomic E-state index is 0.120. The number of rotatable bonds is 6. The van der Waals surface area contributed by atoms with Crippen LogP contribution in [0.2, 0.25) is 0 Å². The summed E-state index contributed by atoms with van der Waals surface area (Å²) in [4.78, 5) is 25.3. The van der Waals surface area contributed by atoms with Crippen LogP contribution in [0.4, 0.5) is 0 Å². The number of hydrogen-bond donors (Lipinski definition) is 1. The first-order valence-electron chi connectivity index (χ1n) is 8.30. The molecule has 0 aliphatic carbocycles. The third-order valence-electron chi connectivity index (χ3n) is 4.71. The van der Waals surface area contributed by atoms with Crippen molar-refractivity contribution >= 4 is 11.9 Å². The zero-order valence-corrected chi connectivity index (χ0v) is 14.2. The fourth-order valence-corrected chi connectivity index (χ4v) is 3.33. The molecule has 0 saturated carbocycles. The number of aryl methyl sites for hydroxylation is 2. The molecule has 1 aliphatic heterocycles. The van der Waals surface area contributed by atoms with E-state index in [0.717, 1.165) is 36.4 Å². The molecule has 0 bridgehead atoms. The first-order valence-corrected chi connectivity index (χ1v) is 8.30.